The molecular formula is C23H25F3N4O2. The van der Waals surface area contributed by atoms with Crippen molar-refractivity contribution in [3.05, 3.63) is 59.7 Å². The number of carbonyl (C=O) groups excluding carboxylic acids is 2. The number of hydrogen-bond donors (Lipinski definition) is 2. The molecule has 1 aliphatic carbocycles. The number of piperazine rings is 1. The van der Waals surface area contributed by atoms with Gasteiger partial charge in [-0.1, -0.05) is 18.2 Å². The van der Waals surface area contributed by atoms with E-state index >= 15 is 0 Å². The second-order valence-corrected chi connectivity index (χ2v) is 8.14. The van der Waals surface area contributed by atoms with Gasteiger partial charge >= 0.3 is 12.2 Å². The van der Waals surface area contributed by atoms with Crippen molar-refractivity contribution in [2.45, 2.75) is 25.6 Å². The summed E-state index contributed by atoms with van der Waals surface area (Å²) < 4.78 is 38.9. The lowest BCUT2D eigenvalue weighted by Gasteiger charge is -2.36. The number of rotatable bonds is 5. The molecule has 0 unspecified atom stereocenters. The van der Waals surface area contributed by atoms with Gasteiger partial charge in [-0.25, -0.2) is 4.79 Å². The average Bonchev–Trinajstić information content (AvgIpc) is 3.63. The van der Waals surface area contributed by atoms with Crippen LogP contribution in [0.5, 0.6) is 0 Å². The molecule has 2 aromatic carbocycles. The zero-order valence-corrected chi connectivity index (χ0v) is 17.5. The summed E-state index contributed by atoms with van der Waals surface area (Å²) in [6, 6.07) is 12.4. The molecular weight excluding hydrogens is 421 g/mol. The van der Waals surface area contributed by atoms with Gasteiger partial charge in [0.25, 0.3) is 0 Å². The Kier molecular flexibility index (Phi) is 6.25. The molecule has 9 heteroatoms. The summed E-state index contributed by atoms with van der Waals surface area (Å²) in [5, 5.41) is 5.77. The maximum absolute atomic E-state index is 13.0. The Labute approximate surface area is 184 Å². The maximum Gasteiger partial charge on any atom is 0.416 e. The molecule has 32 heavy (non-hydrogen) atoms. The van der Waals surface area contributed by atoms with Crippen molar-refractivity contribution in [3.8, 4) is 0 Å². The van der Waals surface area contributed by atoms with Gasteiger partial charge in [0.1, 0.15) is 0 Å². The molecule has 2 N–H and O–H groups in total. The number of carbonyl (C=O) groups is 2. The van der Waals surface area contributed by atoms with E-state index in [2.05, 4.69) is 10.6 Å². The monoisotopic (exact) mass is 446 g/mol. The number of anilines is 2. The summed E-state index contributed by atoms with van der Waals surface area (Å²) in [5.74, 6) is 0.151. The Bertz CT molecular complexity index is 983. The van der Waals surface area contributed by atoms with Crippen LogP contribution >= 0.6 is 0 Å². The van der Waals surface area contributed by atoms with Crippen LogP contribution in [0, 0.1) is 5.92 Å². The van der Waals surface area contributed by atoms with Crippen LogP contribution in [0.1, 0.15) is 24.0 Å². The van der Waals surface area contributed by atoms with Gasteiger partial charge in [0.2, 0.25) is 5.91 Å². The third-order valence-electron chi connectivity index (χ3n) is 5.69. The number of halogens is 3. The van der Waals surface area contributed by atoms with Gasteiger partial charge in [-0.05, 0) is 48.7 Å². The third-order valence-corrected chi connectivity index (χ3v) is 5.69. The predicted octanol–water partition coefficient (Wildman–Crippen LogP) is 4.09. The fourth-order valence-corrected chi connectivity index (χ4v) is 3.69. The highest BCUT2D eigenvalue weighted by Gasteiger charge is 2.31. The molecule has 0 aromatic heterocycles. The van der Waals surface area contributed by atoms with E-state index < -0.39 is 11.7 Å². The minimum absolute atomic E-state index is 0.0322. The second-order valence-electron chi connectivity index (χ2n) is 8.14. The number of alkyl halides is 3. The molecule has 2 fully saturated rings. The zero-order chi connectivity index (χ0) is 22.7. The summed E-state index contributed by atoms with van der Waals surface area (Å²) in [7, 11) is 0. The molecule has 4 rings (SSSR count). The number of hydrogen-bond acceptors (Lipinski definition) is 3. The van der Waals surface area contributed by atoms with E-state index in [0.29, 0.717) is 44.1 Å². The lowest BCUT2D eigenvalue weighted by molar-refractivity contribution is -0.137. The van der Waals surface area contributed by atoms with Gasteiger partial charge in [0.15, 0.2) is 0 Å². The highest BCUT2D eigenvalue weighted by molar-refractivity contribution is 5.94. The molecule has 0 spiro atoms. The standard InChI is InChI=1S/C23H25F3N4O2/c24-23(25,26)18-4-2-6-20(14-18)29-9-11-30(12-10-29)22(32)27-15-16-3-1-5-19(13-16)28-21(31)17-7-8-17/h1-6,13-14,17H,7-12,15H2,(H,27,32)(H,28,31). The second kappa shape index (κ2) is 9.10. The van der Waals surface area contributed by atoms with E-state index in [1.807, 2.05) is 29.2 Å². The molecule has 2 aliphatic rings. The summed E-state index contributed by atoms with van der Waals surface area (Å²) in [6.07, 6.45) is -2.51. The number of amides is 3. The van der Waals surface area contributed by atoms with Crippen LogP contribution in [0.3, 0.4) is 0 Å². The van der Waals surface area contributed by atoms with Crippen molar-refractivity contribution in [2.75, 3.05) is 36.4 Å². The minimum atomic E-state index is -4.38. The van der Waals surface area contributed by atoms with Crippen molar-refractivity contribution in [1.82, 2.24) is 10.2 Å². The Hall–Kier alpha value is -3.23. The van der Waals surface area contributed by atoms with E-state index in [1.54, 1.807) is 11.0 Å². The van der Waals surface area contributed by atoms with Crippen LogP contribution in [0.2, 0.25) is 0 Å². The lowest BCUT2D eigenvalue weighted by Crippen LogP contribution is -2.51. The largest absolute Gasteiger partial charge is 0.416 e. The Morgan fingerprint density at radius 1 is 0.969 bits per heavy atom. The highest BCUT2D eigenvalue weighted by atomic mass is 19.4. The summed E-state index contributed by atoms with van der Waals surface area (Å²) in [4.78, 5) is 28.0. The van der Waals surface area contributed by atoms with E-state index in [4.69, 9.17) is 0 Å². The Morgan fingerprint density at radius 2 is 1.69 bits per heavy atom. The van der Waals surface area contributed by atoms with Gasteiger partial charge in [0.05, 0.1) is 5.56 Å². The molecule has 1 heterocycles. The fraction of sp³-hybridized carbons (Fsp3) is 0.391. The molecule has 1 aliphatic heterocycles. The molecule has 0 radical (unpaired) electrons. The van der Waals surface area contributed by atoms with E-state index in [9.17, 15) is 22.8 Å². The normalized spacial score (nSPS) is 16.6. The van der Waals surface area contributed by atoms with Crippen LogP contribution in [0.15, 0.2) is 48.5 Å². The Morgan fingerprint density at radius 3 is 2.38 bits per heavy atom. The van der Waals surface area contributed by atoms with Gasteiger partial charge in [0, 0.05) is 50.0 Å². The van der Waals surface area contributed by atoms with Crippen molar-refractivity contribution in [2.24, 2.45) is 5.92 Å². The molecule has 1 saturated carbocycles. The Balaban J connectivity index is 1.27. The smallest absolute Gasteiger partial charge is 0.368 e. The summed E-state index contributed by atoms with van der Waals surface area (Å²) in [5.41, 5.74) is 1.41. The fourth-order valence-electron chi connectivity index (χ4n) is 3.69. The SMILES string of the molecule is O=C(Nc1cccc(CNC(=O)N2CCN(c3cccc(C(F)(F)F)c3)CC2)c1)C1CC1. The quantitative estimate of drug-likeness (QED) is 0.727. The van der Waals surface area contributed by atoms with Crippen molar-refractivity contribution >= 4 is 23.3 Å². The first-order valence-corrected chi connectivity index (χ1v) is 10.6. The molecule has 0 atom stereocenters. The molecule has 2 aromatic rings. The first kappa shape index (κ1) is 22.0. The first-order chi connectivity index (χ1) is 15.3. The molecule has 0 bridgehead atoms. The molecule has 170 valence electrons. The van der Waals surface area contributed by atoms with Crippen molar-refractivity contribution in [3.63, 3.8) is 0 Å². The van der Waals surface area contributed by atoms with Crippen LogP contribution in [0.4, 0.5) is 29.3 Å². The van der Waals surface area contributed by atoms with Crippen LogP contribution in [-0.2, 0) is 17.5 Å². The summed E-state index contributed by atoms with van der Waals surface area (Å²) in [6.45, 7) is 2.06. The number of urea groups is 1. The summed E-state index contributed by atoms with van der Waals surface area (Å²) >= 11 is 0. The average molecular weight is 446 g/mol. The highest BCUT2D eigenvalue weighted by Crippen LogP contribution is 2.32. The first-order valence-electron chi connectivity index (χ1n) is 10.6. The van der Waals surface area contributed by atoms with E-state index in [0.717, 1.165) is 30.5 Å². The maximum atomic E-state index is 13.0. The van der Waals surface area contributed by atoms with Crippen molar-refractivity contribution in [1.29, 1.82) is 0 Å². The van der Waals surface area contributed by atoms with E-state index in [1.165, 1.54) is 6.07 Å². The van der Waals surface area contributed by atoms with Gasteiger partial charge in [-0.15, -0.1) is 0 Å². The van der Waals surface area contributed by atoms with Crippen LogP contribution in [-0.4, -0.2) is 43.0 Å². The topological polar surface area (TPSA) is 64.7 Å². The van der Waals surface area contributed by atoms with Gasteiger partial charge in [-0.2, -0.15) is 13.2 Å². The van der Waals surface area contributed by atoms with E-state index in [-0.39, 0.29) is 17.9 Å². The van der Waals surface area contributed by atoms with Crippen molar-refractivity contribution < 1.29 is 22.8 Å². The zero-order valence-electron chi connectivity index (χ0n) is 17.5. The third kappa shape index (κ3) is 5.52. The predicted molar refractivity (Wildman–Crippen MR) is 115 cm³/mol. The molecule has 6 nitrogen and oxygen atoms in total. The van der Waals surface area contributed by atoms with Gasteiger partial charge in [-0.3, -0.25) is 4.79 Å². The van der Waals surface area contributed by atoms with Gasteiger partial charge < -0.3 is 20.4 Å². The lowest BCUT2D eigenvalue weighted by atomic mass is 10.1. The number of nitrogens with one attached hydrogen (secondary N) is 2. The van der Waals surface area contributed by atoms with Crippen LogP contribution < -0.4 is 15.5 Å². The number of nitrogens with zero attached hydrogens (tertiary/aromatic N) is 2. The minimum Gasteiger partial charge on any atom is -0.368 e. The van der Waals surface area contributed by atoms with Crippen LogP contribution in [0.25, 0.3) is 0 Å². The molecule has 1 saturated heterocycles. The molecule has 3 amide bonds. The number of benzene rings is 2.